The molecule has 0 aliphatic rings. The Balaban J connectivity index is 1.22. The fourth-order valence-corrected chi connectivity index (χ4v) is 9.75. The quantitative estimate of drug-likeness (QED) is 0.176. The Labute approximate surface area is 330 Å². The van der Waals surface area contributed by atoms with Gasteiger partial charge in [-0.3, -0.25) is 0 Å². The van der Waals surface area contributed by atoms with E-state index >= 15 is 0 Å². The van der Waals surface area contributed by atoms with E-state index < -0.39 is 0 Å². The SMILES string of the molecule is c1ccc(-c2nc(-c3ccccc3)nc(-c3cc(-c4cccc5c4c4ccccc4n5-c4ccccc4)cc4c3sc3ccc5oc6ccccc6c5c34)n2)cc1. The molecule has 0 aliphatic heterocycles. The number of fused-ring (bicyclic) bond motifs is 10. The van der Waals surface area contributed by atoms with Gasteiger partial charge in [0.15, 0.2) is 17.5 Å². The molecule has 0 saturated carbocycles. The summed E-state index contributed by atoms with van der Waals surface area (Å²) >= 11 is 1.78. The summed E-state index contributed by atoms with van der Waals surface area (Å²) in [7, 11) is 0. The number of rotatable bonds is 5. The van der Waals surface area contributed by atoms with Crippen molar-refractivity contribution < 1.29 is 4.42 Å². The molecule has 0 saturated heterocycles. The summed E-state index contributed by atoms with van der Waals surface area (Å²) < 4.78 is 11.1. The Morgan fingerprint density at radius 3 is 1.79 bits per heavy atom. The van der Waals surface area contributed by atoms with Crippen molar-refractivity contribution in [3.63, 3.8) is 0 Å². The minimum absolute atomic E-state index is 0.633. The van der Waals surface area contributed by atoms with Gasteiger partial charge in [-0.25, -0.2) is 15.0 Å². The summed E-state index contributed by atoms with van der Waals surface area (Å²) in [6, 6.07) is 63.7. The van der Waals surface area contributed by atoms with E-state index in [1.54, 1.807) is 11.3 Å². The molecule has 0 spiro atoms. The van der Waals surface area contributed by atoms with Crippen molar-refractivity contribution in [2.75, 3.05) is 0 Å². The number of furan rings is 1. The van der Waals surface area contributed by atoms with Crippen LogP contribution in [0.5, 0.6) is 0 Å². The van der Waals surface area contributed by atoms with Crippen molar-refractivity contribution >= 4 is 75.3 Å². The molecule has 5 nitrogen and oxygen atoms in total. The molecule has 0 aliphatic carbocycles. The first-order valence-corrected chi connectivity index (χ1v) is 19.8. The highest BCUT2D eigenvalue weighted by atomic mass is 32.1. The fourth-order valence-electron chi connectivity index (χ4n) is 8.55. The van der Waals surface area contributed by atoms with E-state index in [0.717, 1.165) is 76.6 Å². The Bertz CT molecular complexity index is 3460. The van der Waals surface area contributed by atoms with Gasteiger partial charge in [0.05, 0.1) is 11.0 Å². The molecule has 4 aromatic heterocycles. The van der Waals surface area contributed by atoms with Crippen molar-refractivity contribution in [2.24, 2.45) is 0 Å². The normalized spacial score (nSPS) is 11.9. The number of aromatic nitrogens is 4. The van der Waals surface area contributed by atoms with Gasteiger partial charge in [0, 0.05) is 64.1 Å². The van der Waals surface area contributed by atoms with Crippen LogP contribution in [0.4, 0.5) is 0 Å². The van der Waals surface area contributed by atoms with E-state index in [1.165, 1.54) is 20.9 Å². The lowest BCUT2D eigenvalue weighted by Crippen LogP contribution is -2.00. The van der Waals surface area contributed by atoms with Gasteiger partial charge in [-0.15, -0.1) is 11.3 Å². The van der Waals surface area contributed by atoms with Crippen LogP contribution in [0.15, 0.2) is 186 Å². The molecular formula is C51H30N4OS. The van der Waals surface area contributed by atoms with Crippen LogP contribution < -0.4 is 0 Å². The molecule has 266 valence electrons. The van der Waals surface area contributed by atoms with Crippen molar-refractivity contribution in [3.05, 3.63) is 182 Å². The zero-order valence-corrected chi connectivity index (χ0v) is 31.2. The average Bonchev–Trinajstić information content (AvgIpc) is 3.96. The molecule has 57 heavy (non-hydrogen) atoms. The van der Waals surface area contributed by atoms with Crippen molar-refractivity contribution in [1.29, 1.82) is 0 Å². The molecule has 12 rings (SSSR count). The Kier molecular flexibility index (Phi) is 7.03. The third-order valence-corrected chi connectivity index (χ3v) is 12.2. The lowest BCUT2D eigenvalue weighted by atomic mass is 9.94. The Morgan fingerprint density at radius 2 is 1.04 bits per heavy atom. The van der Waals surface area contributed by atoms with E-state index in [4.69, 9.17) is 19.4 Å². The number of hydrogen-bond donors (Lipinski definition) is 0. The van der Waals surface area contributed by atoms with Gasteiger partial charge in [-0.2, -0.15) is 0 Å². The van der Waals surface area contributed by atoms with E-state index in [2.05, 4.69) is 144 Å². The summed E-state index contributed by atoms with van der Waals surface area (Å²) in [5, 5.41) is 6.96. The predicted molar refractivity (Wildman–Crippen MR) is 236 cm³/mol. The average molecular weight is 747 g/mol. The predicted octanol–water partition coefficient (Wildman–Crippen LogP) is 13.9. The summed E-state index contributed by atoms with van der Waals surface area (Å²) in [5.41, 5.74) is 10.3. The summed E-state index contributed by atoms with van der Waals surface area (Å²) in [4.78, 5) is 15.6. The summed E-state index contributed by atoms with van der Waals surface area (Å²) in [6.07, 6.45) is 0. The summed E-state index contributed by atoms with van der Waals surface area (Å²) in [6.45, 7) is 0. The van der Waals surface area contributed by atoms with Crippen LogP contribution in [0.25, 0.3) is 115 Å². The van der Waals surface area contributed by atoms with E-state index in [-0.39, 0.29) is 0 Å². The Morgan fingerprint density at radius 1 is 0.404 bits per heavy atom. The third-order valence-electron chi connectivity index (χ3n) is 11.0. The molecule has 8 aromatic carbocycles. The number of nitrogens with zero attached hydrogens (tertiary/aromatic N) is 4. The van der Waals surface area contributed by atoms with Crippen LogP contribution in [-0.4, -0.2) is 19.5 Å². The molecule has 0 N–H and O–H groups in total. The third kappa shape index (κ3) is 4.98. The zero-order valence-electron chi connectivity index (χ0n) is 30.4. The van der Waals surface area contributed by atoms with Crippen LogP contribution in [0.1, 0.15) is 0 Å². The van der Waals surface area contributed by atoms with Crippen molar-refractivity contribution in [3.8, 4) is 51.0 Å². The highest BCUT2D eigenvalue weighted by Crippen LogP contribution is 2.48. The van der Waals surface area contributed by atoms with Crippen LogP contribution in [0.2, 0.25) is 0 Å². The van der Waals surface area contributed by atoms with E-state index in [9.17, 15) is 0 Å². The summed E-state index contributed by atoms with van der Waals surface area (Å²) in [5.74, 6) is 1.90. The lowest BCUT2D eigenvalue weighted by Gasteiger charge is -2.12. The first-order valence-electron chi connectivity index (χ1n) is 19.0. The van der Waals surface area contributed by atoms with Gasteiger partial charge in [0.25, 0.3) is 0 Å². The minimum atomic E-state index is 0.633. The maximum atomic E-state index is 6.46. The second-order valence-electron chi connectivity index (χ2n) is 14.3. The van der Waals surface area contributed by atoms with Crippen LogP contribution in [0, 0.1) is 0 Å². The van der Waals surface area contributed by atoms with Crippen LogP contribution >= 0.6 is 11.3 Å². The van der Waals surface area contributed by atoms with E-state index in [1.807, 2.05) is 42.5 Å². The minimum Gasteiger partial charge on any atom is -0.456 e. The molecule has 6 heteroatoms. The van der Waals surface area contributed by atoms with Crippen molar-refractivity contribution in [1.82, 2.24) is 19.5 Å². The second-order valence-corrected chi connectivity index (χ2v) is 15.4. The lowest BCUT2D eigenvalue weighted by molar-refractivity contribution is 0.669. The molecule has 0 unspecified atom stereocenters. The molecule has 0 amide bonds. The van der Waals surface area contributed by atoms with E-state index in [0.29, 0.717) is 17.5 Å². The number of thiophene rings is 1. The maximum Gasteiger partial charge on any atom is 0.165 e. The molecule has 0 atom stereocenters. The van der Waals surface area contributed by atoms with Gasteiger partial charge >= 0.3 is 0 Å². The highest BCUT2D eigenvalue weighted by Gasteiger charge is 2.23. The molecular weight excluding hydrogens is 717 g/mol. The second kappa shape index (κ2) is 12.6. The number of para-hydroxylation sites is 3. The number of benzene rings is 8. The standard InChI is InChI=1S/C51H30N4OS/c1-4-15-31(16-5-1)49-52-50(32-17-6-2-7-18-32)54-51(53-49)39-30-33(29-38-47-44(57-48(38)39)28-27-43-46(47)37-22-11-13-26-42(37)56-43)35-23-14-25-41-45(35)36-21-10-12-24-40(36)55(41)34-19-8-3-9-20-34/h1-30H. The molecule has 0 bridgehead atoms. The largest absolute Gasteiger partial charge is 0.456 e. The smallest absolute Gasteiger partial charge is 0.165 e. The topological polar surface area (TPSA) is 56.7 Å². The van der Waals surface area contributed by atoms with Gasteiger partial charge in [-0.05, 0) is 65.7 Å². The van der Waals surface area contributed by atoms with Gasteiger partial charge in [-0.1, -0.05) is 127 Å². The fraction of sp³-hybridized carbons (Fsp3) is 0. The monoisotopic (exact) mass is 746 g/mol. The first-order chi connectivity index (χ1) is 28.3. The van der Waals surface area contributed by atoms with Gasteiger partial charge in [0.1, 0.15) is 11.2 Å². The maximum absolute atomic E-state index is 6.46. The Hall–Kier alpha value is -7.41. The molecule has 0 radical (unpaired) electrons. The van der Waals surface area contributed by atoms with Gasteiger partial charge in [0.2, 0.25) is 0 Å². The van der Waals surface area contributed by atoms with Crippen LogP contribution in [-0.2, 0) is 0 Å². The molecule has 4 heterocycles. The van der Waals surface area contributed by atoms with Crippen molar-refractivity contribution in [2.45, 2.75) is 0 Å². The first kappa shape index (κ1) is 31.9. The zero-order chi connectivity index (χ0) is 37.5. The molecule has 0 fully saturated rings. The van der Waals surface area contributed by atoms with Crippen LogP contribution in [0.3, 0.4) is 0 Å². The highest BCUT2D eigenvalue weighted by molar-refractivity contribution is 7.26. The van der Waals surface area contributed by atoms with Gasteiger partial charge < -0.3 is 8.98 Å². The molecule has 12 aromatic rings. The number of hydrogen-bond acceptors (Lipinski definition) is 5.